The second kappa shape index (κ2) is 2.97. The molecule has 0 aromatic heterocycles. The fourth-order valence-corrected chi connectivity index (χ4v) is 1.89. The Morgan fingerprint density at radius 2 is 2.20 bits per heavy atom. The maximum Gasteiger partial charge on any atom is 0.0683 e. The Kier molecular flexibility index (Phi) is 2.22. The molecule has 0 saturated heterocycles. The van der Waals surface area contributed by atoms with Crippen molar-refractivity contribution in [3.8, 4) is 0 Å². The van der Waals surface area contributed by atoms with Crippen LogP contribution in [0.3, 0.4) is 0 Å². The lowest BCUT2D eigenvalue weighted by atomic mass is 10.3. The van der Waals surface area contributed by atoms with Crippen LogP contribution >= 0.6 is 11.8 Å². The summed E-state index contributed by atoms with van der Waals surface area (Å²) in [6, 6.07) is 0. The van der Waals surface area contributed by atoms with E-state index in [2.05, 4.69) is 25.1 Å². The zero-order chi connectivity index (χ0) is 7.56. The van der Waals surface area contributed by atoms with Gasteiger partial charge in [0.1, 0.15) is 0 Å². The molecule has 0 saturated carbocycles. The summed E-state index contributed by atoms with van der Waals surface area (Å²) in [5.74, 6) is 1.02. The second-order valence-corrected chi connectivity index (χ2v) is 3.12. The van der Waals surface area contributed by atoms with Crippen molar-refractivity contribution in [1.82, 2.24) is 4.90 Å². The first-order valence-electron chi connectivity index (χ1n) is 3.12. The molecule has 0 radical (unpaired) electrons. The number of nitrogens with zero attached hydrogens (tertiary/aromatic N) is 1. The van der Waals surface area contributed by atoms with Crippen LogP contribution in [-0.2, 0) is 0 Å². The highest BCUT2D eigenvalue weighted by molar-refractivity contribution is 8.03. The molecule has 0 aromatic carbocycles. The van der Waals surface area contributed by atoms with Crippen molar-refractivity contribution in [2.45, 2.75) is 0 Å². The van der Waals surface area contributed by atoms with Gasteiger partial charge in [-0.05, 0) is 6.08 Å². The summed E-state index contributed by atoms with van der Waals surface area (Å²) < 4.78 is 0. The lowest BCUT2D eigenvalue weighted by molar-refractivity contribution is 0.519. The van der Waals surface area contributed by atoms with Crippen LogP contribution in [0.2, 0.25) is 0 Å². The van der Waals surface area contributed by atoms with Gasteiger partial charge >= 0.3 is 0 Å². The van der Waals surface area contributed by atoms with Crippen LogP contribution < -0.4 is 0 Å². The van der Waals surface area contributed by atoms with Crippen molar-refractivity contribution in [2.75, 3.05) is 12.9 Å². The summed E-state index contributed by atoms with van der Waals surface area (Å²) in [5.41, 5.74) is 1.19. The third-order valence-corrected chi connectivity index (χ3v) is 2.66. The van der Waals surface area contributed by atoms with Crippen LogP contribution in [0.15, 0.2) is 35.9 Å². The van der Waals surface area contributed by atoms with Crippen molar-refractivity contribution in [1.29, 1.82) is 0 Å². The number of thioether (sulfide) groups is 1. The van der Waals surface area contributed by atoms with E-state index < -0.39 is 0 Å². The molecular formula is C8H11NS. The summed E-state index contributed by atoms with van der Waals surface area (Å²) in [5, 5.41) is 0. The molecule has 0 bridgehead atoms. The fourth-order valence-electron chi connectivity index (χ4n) is 0.918. The summed E-state index contributed by atoms with van der Waals surface area (Å²) >= 11 is 1.80. The van der Waals surface area contributed by atoms with Gasteiger partial charge in [0.15, 0.2) is 0 Å². The molecule has 1 heterocycles. The Bertz CT molecular complexity index is 193. The third-order valence-electron chi connectivity index (χ3n) is 1.46. The molecule has 1 nitrogen and oxygen atoms in total. The Morgan fingerprint density at radius 1 is 1.50 bits per heavy atom. The van der Waals surface area contributed by atoms with Gasteiger partial charge in [0.2, 0.25) is 0 Å². The van der Waals surface area contributed by atoms with Gasteiger partial charge in [0.05, 0.1) is 11.6 Å². The Morgan fingerprint density at radius 3 is 2.60 bits per heavy atom. The molecule has 0 unspecified atom stereocenters. The number of rotatable bonds is 2. The van der Waals surface area contributed by atoms with Crippen LogP contribution in [-0.4, -0.2) is 17.8 Å². The fraction of sp³-hybridized carbons (Fsp3) is 0.250. The molecule has 1 aliphatic rings. The molecule has 0 aromatic rings. The zero-order valence-corrected chi connectivity index (χ0v) is 6.95. The third kappa shape index (κ3) is 1.12. The normalized spacial score (nSPS) is 17.9. The molecule has 0 N–H and O–H groups in total. The first-order chi connectivity index (χ1) is 4.79. The van der Waals surface area contributed by atoms with Gasteiger partial charge in [0, 0.05) is 12.0 Å². The summed E-state index contributed by atoms with van der Waals surface area (Å²) in [4.78, 5) is 3.40. The molecule has 0 spiro atoms. The highest BCUT2D eigenvalue weighted by Gasteiger charge is 2.13. The van der Waals surface area contributed by atoms with Crippen molar-refractivity contribution >= 4 is 11.8 Å². The smallest absolute Gasteiger partial charge is 0.0683 e. The van der Waals surface area contributed by atoms with Gasteiger partial charge in [-0.2, -0.15) is 0 Å². The lowest BCUT2D eigenvalue weighted by Crippen LogP contribution is -2.10. The topological polar surface area (TPSA) is 3.24 Å². The van der Waals surface area contributed by atoms with E-state index in [1.807, 2.05) is 12.2 Å². The minimum absolute atomic E-state index is 1.02. The molecule has 1 aliphatic heterocycles. The van der Waals surface area contributed by atoms with E-state index in [-0.39, 0.29) is 0 Å². The van der Waals surface area contributed by atoms with Crippen LogP contribution in [0.25, 0.3) is 0 Å². The molecule has 0 amide bonds. The van der Waals surface area contributed by atoms with E-state index >= 15 is 0 Å². The lowest BCUT2D eigenvalue weighted by Gasteiger charge is -2.10. The maximum atomic E-state index is 3.73. The van der Waals surface area contributed by atoms with Crippen LogP contribution in [0.1, 0.15) is 0 Å². The van der Waals surface area contributed by atoms with Gasteiger partial charge in [-0.25, -0.2) is 0 Å². The Labute approximate surface area is 66.1 Å². The van der Waals surface area contributed by atoms with Gasteiger partial charge in [-0.15, -0.1) is 11.8 Å². The average molecular weight is 153 g/mol. The monoisotopic (exact) mass is 153 g/mol. The predicted octanol–water partition coefficient (Wildman–Crippen LogP) is 2.21. The highest BCUT2D eigenvalue weighted by Crippen LogP contribution is 2.31. The Hall–Kier alpha value is -0.630. The van der Waals surface area contributed by atoms with Crippen molar-refractivity contribution in [3.63, 3.8) is 0 Å². The number of hydrogen-bond acceptors (Lipinski definition) is 2. The SMILES string of the molecule is C=CC1=C(C=C)N(C)CS1. The minimum Gasteiger partial charge on any atom is -0.364 e. The quantitative estimate of drug-likeness (QED) is 0.598. The van der Waals surface area contributed by atoms with Gasteiger partial charge in [-0.3, -0.25) is 0 Å². The first-order valence-corrected chi connectivity index (χ1v) is 4.11. The number of hydrogen-bond donors (Lipinski definition) is 0. The second-order valence-electron chi connectivity index (χ2n) is 2.13. The summed E-state index contributed by atoms with van der Waals surface area (Å²) in [7, 11) is 2.06. The zero-order valence-electron chi connectivity index (χ0n) is 6.13. The average Bonchev–Trinajstić information content (AvgIpc) is 2.30. The van der Waals surface area contributed by atoms with Crippen LogP contribution in [0, 0.1) is 0 Å². The van der Waals surface area contributed by atoms with Gasteiger partial charge < -0.3 is 4.90 Å². The maximum absolute atomic E-state index is 3.73. The predicted molar refractivity (Wildman–Crippen MR) is 47.6 cm³/mol. The van der Waals surface area contributed by atoms with Crippen molar-refractivity contribution < 1.29 is 0 Å². The van der Waals surface area contributed by atoms with Gasteiger partial charge in [-0.1, -0.05) is 19.2 Å². The van der Waals surface area contributed by atoms with E-state index in [4.69, 9.17) is 0 Å². The molecule has 0 atom stereocenters. The first kappa shape index (κ1) is 7.48. The summed E-state index contributed by atoms with van der Waals surface area (Å²) in [6.07, 6.45) is 3.75. The number of likely N-dealkylation sites (N-methyl/N-ethyl adjacent to an activating group) is 1. The highest BCUT2D eigenvalue weighted by atomic mass is 32.2. The summed E-state index contributed by atoms with van der Waals surface area (Å²) in [6.45, 7) is 7.45. The molecule has 0 aliphatic carbocycles. The van der Waals surface area contributed by atoms with Crippen molar-refractivity contribution in [2.24, 2.45) is 0 Å². The molecular weight excluding hydrogens is 142 g/mol. The van der Waals surface area contributed by atoms with Crippen LogP contribution in [0.4, 0.5) is 0 Å². The van der Waals surface area contributed by atoms with E-state index in [0.717, 1.165) is 5.88 Å². The Balaban J connectivity index is 2.91. The minimum atomic E-state index is 1.02. The van der Waals surface area contributed by atoms with E-state index in [9.17, 15) is 0 Å². The molecule has 1 rings (SSSR count). The molecule has 10 heavy (non-hydrogen) atoms. The van der Waals surface area contributed by atoms with E-state index in [0.29, 0.717) is 0 Å². The van der Waals surface area contributed by atoms with Crippen LogP contribution in [0.5, 0.6) is 0 Å². The van der Waals surface area contributed by atoms with E-state index in [1.165, 1.54) is 10.6 Å². The number of allylic oxidation sites excluding steroid dienone is 2. The van der Waals surface area contributed by atoms with E-state index in [1.54, 1.807) is 11.8 Å². The molecule has 0 fully saturated rings. The van der Waals surface area contributed by atoms with Crippen molar-refractivity contribution in [3.05, 3.63) is 35.9 Å². The molecule has 54 valence electrons. The standard InChI is InChI=1S/C8H11NS/c1-4-7-8(5-2)10-6-9(7)3/h4-5H,1-2,6H2,3H3. The van der Waals surface area contributed by atoms with Gasteiger partial charge in [0.25, 0.3) is 0 Å². The molecule has 2 heteroatoms. The largest absolute Gasteiger partial charge is 0.364 e.